The molecule has 38 heavy (non-hydrogen) atoms. The van der Waals surface area contributed by atoms with Gasteiger partial charge in [0.2, 0.25) is 5.76 Å². The van der Waals surface area contributed by atoms with Gasteiger partial charge in [0.1, 0.15) is 18.0 Å². The maximum atomic E-state index is 14.1. The van der Waals surface area contributed by atoms with Crippen LogP contribution in [0.2, 0.25) is 0 Å². The first-order chi connectivity index (χ1) is 18.2. The van der Waals surface area contributed by atoms with Gasteiger partial charge in [-0.1, -0.05) is 30.1 Å². The van der Waals surface area contributed by atoms with Crippen LogP contribution in [0.4, 0.5) is 9.52 Å². The largest absolute Gasteiger partial charge is 0.490 e. The molecule has 1 aliphatic rings. The molecule has 8 nitrogen and oxygen atoms in total. The molecule has 10 heteroatoms. The summed E-state index contributed by atoms with van der Waals surface area (Å²) in [5.74, 6) is -0.688. The average Bonchev–Trinajstić information content (AvgIpc) is 3.41. The maximum absolute atomic E-state index is 14.1. The third kappa shape index (κ3) is 4.16. The molecule has 3 heterocycles. The first-order valence-corrected chi connectivity index (χ1v) is 12.6. The van der Waals surface area contributed by atoms with Crippen molar-refractivity contribution < 1.29 is 27.9 Å². The van der Waals surface area contributed by atoms with Crippen molar-refractivity contribution in [1.29, 1.82) is 0 Å². The lowest BCUT2D eigenvalue weighted by Gasteiger charge is -2.23. The summed E-state index contributed by atoms with van der Waals surface area (Å²) in [7, 11) is 0. The summed E-state index contributed by atoms with van der Waals surface area (Å²) in [6, 6.07) is 7.67. The highest BCUT2D eigenvalue weighted by molar-refractivity contribution is 7.17. The highest BCUT2D eigenvalue weighted by Crippen LogP contribution is 2.45. The molecular formula is C28H23FN2O6S. The predicted octanol–water partition coefficient (Wildman–Crippen LogP) is 5.61. The van der Waals surface area contributed by atoms with Crippen LogP contribution in [0, 0.1) is 12.7 Å². The normalized spacial score (nSPS) is 14.6. The molecule has 4 aromatic rings. The fourth-order valence-corrected chi connectivity index (χ4v) is 5.49. The van der Waals surface area contributed by atoms with Gasteiger partial charge >= 0.3 is 0 Å². The van der Waals surface area contributed by atoms with Gasteiger partial charge < -0.3 is 13.9 Å². The average molecular weight is 535 g/mol. The molecule has 0 saturated heterocycles. The molecule has 0 N–H and O–H groups in total. The van der Waals surface area contributed by atoms with Crippen molar-refractivity contribution >= 4 is 39.1 Å². The lowest BCUT2D eigenvalue weighted by atomic mass is 9.98. The molecule has 0 radical (unpaired) electrons. The monoisotopic (exact) mass is 534 g/mol. The van der Waals surface area contributed by atoms with Crippen molar-refractivity contribution in [2.45, 2.75) is 26.8 Å². The number of rotatable bonds is 8. The van der Waals surface area contributed by atoms with Crippen LogP contribution in [0.3, 0.4) is 0 Å². The molecule has 5 rings (SSSR count). The van der Waals surface area contributed by atoms with Gasteiger partial charge in [-0.2, -0.15) is 0 Å². The summed E-state index contributed by atoms with van der Waals surface area (Å²) >= 11 is 1.05. The number of hydrogen-bond acceptors (Lipinski definition) is 8. The number of thiazole rings is 1. The van der Waals surface area contributed by atoms with Crippen LogP contribution in [0.5, 0.6) is 11.5 Å². The second-order valence-corrected chi connectivity index (χ2v) is 9.58. The van der Waals surface area contributed by atoms with Crippen LogP contribution in [0.1, 0.15) is 56.9 Å². The Morgan fingerprint density at radius 2 is 2.00 bits per heavy atom. The van der Waals surface area contributed by atoms with Crippen LogP contribution in [0.25, 0.3) is 11.0 Å². The van der Waals surface area contributed by atoms with E-state index in [0.29, 0.717) is 34.2 Å². The number of benzene rings is 2. The van der Waals surface area contributed by atoms with E-state index in [9.17, 15) is 18.8 Å². The Labute approximate surface area is 220 Å². The minimum absolute atomic E-state index is 0.0131. The fourth-order valence-electron chi connectivity index (χ4n) is 4.50. The number of aromatic nitrogens is 1. The molecule has 1 amide bonds. The van der Waals surface area contributed by atoms with Gasteiger partial charge in [-0.25, -0.2) is 9.37 Å². The topological polar surface area (TPSA) is 98.9 Å². The molecule has 1 atom stereocenters. The number of anilines is 1. The minimum Gasteiger partial charge on any atom is -0.490 e. The Balaban J connectivity index is 1.77. The smallest absolute Gasteiger partial charge is 0.297 e. The van der Waals surface area contributed by atoms with Gasteiger partial charge in [0.15, 0.2) is 27.8 Å². The summed E-state index contributed by atoms with van der Waals surface area (Å²) in [6.07, 6.45) is 1.60. The minimum atomic E-state index is -0.973. The van der Waals surface area contributed by atoms with Gasteiger partial charge in [0.05, 0.1) is 34.2 Å². The number of carbonyl (C=O) groups excluding carboxylic acids is 2. The number of hydrogen-bond donors (Lipinski definition) is 0. The zero-order valence-corrected chi connectivity index (χ0v) is 21.7. The molecule has 0 bridgehead atoms. The van der Waals surface area contributed by atoms with E-state index in [1.807, 2.05) is 6.92 Å². The number of amides is 1. The summed E-state index contributed by atoms with van der Waals surface area (Å²) in [4.78, 5) is 45.9. The van der Waals surface area contributed by atoms with Crippen molar-refractivity contribution in [1.82, 2.24) is 4.98 Å². The van der Waals surface area contributed by atoms with Gasteiger partial charge in [-0.3, -0.25) is 19.3 Å². The standard InChI is InChI=1S/C28H23FN2O6S/c1-5-11-36-20-9-7-16(12-21(20)35-6-2)23-22-24(33)18-13-17(29)8-10-19(18)37-25(22)27(34)31(23)28-30-14(3)26(38-28)15(4)32/h5,7-10,12-13,23H,1,6,11H2,2-4H3. The van der Waals surface area contributed by atoms with Crippen molar-refractivity contribution in [3.8, 4) is 11.5 Å². The quantitative estimate of drug-likeness (QED) is 0.214. The summed E-state index contributed by atoms with van der Waals surface area (Å²) in [5, 5.41) is 0.243. The third-order valence-electron chi connectivity index (χ3n) is 6.08. The molecule has 2 aromatic heterocycles. The second-order valence-electron chi connectivity index (χ2n) is 8.60. The van der Waals surface area contributed by atoms with Crippen molar-refractivity contribution in [2.75, 3.05) is 18.1 Å². The zero-order chi connectivity index (χ0) is 27.1. The molecule has 1 unspecified atom stereocenters. The first-order valence-electron chi connectivity index (χ1n) is 11.8. The molecule has 2 aromatic carbocycles. The van der Waals surface area contributed by atoms with Crippen molar-refractivity contribution in [3.05, 3.63) is 92.6 Å². The van der Waals surface area contributed by atoms with E-state index in [0.717, 1.165) is 23.5 Å². The van der Waals surface area contributed by atoms with Gasteiger partial charge in [-0.15, -0.1) is 0 Å². The van der Waals surface area contributed by atoms with E-state index in [2.05, 4.69) is 11.6 Å². The Morgan fingerprint density at radius 1 is 1.21 bits per heavy atom. The molecular weight excluding hydrogens is 511 g/mol. The highest BCUT2D eigenvalue weighted by Gasteiger charge is 2.45. The number of aryl methyl sites for hydroxylation is 1. The maximum Gasteiger partial charge on any atom is 0.297 e. The molecule has 0 saturated carbocycles. The Morgan fingerprint density at radius 3 is 2.68 bits per heavy atom. The fraction of sp³-hybridized carbons (Fsp3) is 0.214. The zero-order valence-electron chi connectivity index (χ0n) is 20.9. The van der Waals surface area contributed by atoms with Crippen LogP contribution < -0.4 is 19.8 Å². The van der Waals surface area contributed by atoms with Crippen molar-refractivity contribution in [2.24, 2.45) is 0 Å². The van der Waals surface area contributed by atoms with Crippen LogP contribution >= 0.6 is 11.3 Å². The summed E-state index contributed by atoms with van der Waals surface area (Å²) < 4.78 is 31.5. The number of nitrogens with zero attached hydrogens (tertiary/aromatic N) is 2. The van der Waals surface area contributed by atoms with Crippen molar-refractivity contribution in [3.63, 3.8) is 0 Å². The van der Waals surface area contributed by atoms with Crippen LogP contribution in [-0.4, -0.2) is 29.9 Å². The lowest BCUT2D eigenvalue weighted by molar-refractivity contribution is 0.0969. The summed E-state index contributed by atoms with van der Waals surface area (Å²) in [6.45, 7) is 9.18. The number of fused-ring (bicyclic) bond motifs is 2. The van der Waals surface area contributed by atoms with E-state index < -0.39 is 23.2 Å². The third-order valence-corrected chi connectivity index (χ3v) is 7.34. The molecule has 0 fully saturated rings. The number of ketones is 1. The van der Waals surface area contributed by atoms with Crippen LogP contribution in [-0.2, 0) is 0 Å². The Bertz CT molecular complexity index is 1670. The van der Waals surface area contributed by atoms with E-state index in [-0.39, 0.29) is 39.8 Å². The number of ether oxygens (including phenoxy) is 2. The van der Waals surface area contributed by atoms with Gasteiger partial charge in [0.25, 0.3) is 5.91 Å². The number of Topliss-reactive ketones (excluding diaryl/α,β-unsaturated/α-hetero) is 1. The van der Waals surface area contributed by atoms with E-state index >= 15 is 0 Å². The first kappa shape index (κ1) is 25.3. The number of carbonyl (C=O) groups is 2. The lowest BCUT2D eigenvalue weighted by Crippen LogP contribution is -2.29. The summed E-state index contributed by atoms with van der Waals surface area (Å²) in [5.41, 5.74) is 0.590. The molecule has 1 aliphatic heterocycles. The van der Waals surface area contributed by atoms with Gasteiger partial charge in [-0.05, 0) is 49.7 Å². The predicted molar refractivity (Wildman–Crippen MR) is 141 cm³/mol. The SMILES string of the molecule is C=CCOc1ccc(C2c3c(oc4ccc(F)cc4c3=O)C(=O)N2c2nc(C)c(C(C)=O)s2)cc1OCC. The molecule has 194 valence electrons. The Hall–Kier alpha value is -4.31. The van der Waals surface area contributed by atoms with E-state index in [1.54, 1.807) is 31.2 Å². The van der Waals surface area contributed by atoms with Crippen LogP contribution in [0.15, 0.2) is 58.3 Å². The van der Waals surface area contributed by atoms with E-state index in [4.69, 9.17) is 13.9 Å². The molecule has 0 spiro atoms. The highest BCUT2D eigenvalue weighted by atomic mass is 32.1. The Kier molecular flexibility index (Phi) is 6.58. The van der Waals surface area contributed by atoms with E-state index in [1.165, 1.54) is 17.9 Å². The second kappa shape index (κ2) is 9.86. The van der Waals surface area contributed by atoms with Gasteiger partial charge in [0, 0.05) is 6.92 Å². The molecule has 0 aliphatic carbocycles. The number of halogens is 1.